The molecule has 0 spiro atoms. The molecule has 0 amide bonds. The highest BCUT2D eigenvalue weighted by atomic mass is 16.1. The minimum absolute atomic E-state index is 0.151. The number of Topliss-reactive ketones (excluding diaryl/α,β-unsaturated/α-hetero) is 1. The predicted molar refractivity (Wildman–Crippen MR) is 58.9 cm³/mol. The lowest BCUT2D eigenvalue weighted by Crippen LogP contribution is -2.21. The maximum Gasteiger partial charge on any atom is 0.176 e. The number of rotatable bonds is 4. The molecule has 0 heterocycles. The normalized spacial score (nSPS) is 10.3. The molecule has 0 fully saturated rings. The SMILES string of the molecule is CNc1ccc(C(=O)CN(C)C)cc1. The van der Waals surface area contributed by atoms with Gasteiger partial charge in [-0.3, -0.25) is 4.79 Å². The van der Waals surface area contributed by atoms with E-state index in [9.17, 15) is 4.79 Å². The lowest BCUT2D eigenvalue weighted by atomic mass is 10.1. The Labute approximate surface area is 84.7 Å². The maximum atomic E-state index is 11.6. The van der Waals surface area contributed by atoms with Crippen LogP contribution in [0.25, 0.3) is 0 Å². The minimum Gasteiger partial charge on any atom is -0.388 e. The van der Waals surface area contributed by atoms with E-state index in [0.29, 0.717) is 6.54 Å². The number of anilines is 1. The van der Waals surface area contributed by atoms with E-state index in [1.165, 1.54) is 0 Å². The van der Waals surface area contributed by atoms with Crippen LogP contribution in [0.5, 0.6) is 0 Å². The van der Waals surface area contributed by atoms with Crippen LogP contribution in [-0.4, -0.2) is 38.4 Å². The Bertz CT molecular complexity index is 304. The predicted octanol–water partition coefficient (Wildman–Crippen LogP) is 1.47. The highest BCUT2D eigenvalue weighted by molar-refractivity contribution is 5.97. The van der Waals surface area contributed by atoms with Gasteiger partial charge in [0, 0.05) is 18.3 Å². The molecule has 0 saturated heterocycles. The third kappa shape index (κ3) is 2.85. The average Bonchev–Trinajstić information content (AvgIpc) is 2.17. The Hall–Kier alpha value is -1.35. The van der Waals surface area contributed by atoms with Crippen LogP contribution < -0.4 is 5.32 Å². The average molecular weight is 192 g/mol. The molecule has 1 aromatic carbocycles. The second kappa shape index (κ2) is 4.77. The second-order valence-electron chi connectivity index (χ2n) is 3.49. The van der Waals surface area contributed by atoms with E-state index in [1.54, 1.807) is 0 Å². The monoisotopic (exact) mass is 192 g/mol. The Balaban J connectivity index is 2.71. The molecule has 3 heteroatoms. The molecule has 0 radical (unpaired) electrons. The molecule has 0 bridgehead atoms. The van der Waals surface area contributed by atoms with Crippen molar-refractivity contribution in [3.63, 3.8) is 0 Å². The quantitative estimate of drug-likeness (QED) is 0.733. The number of hydrogen-bond donors (Lipinski definition) is 1. The number of likely N-dealkylation sites (N-methyl/N-ethyl adjacent to an activating group) is 1. The van der Waals surface area contributed by atoms with Crippen LogP contribution in [-0.2, 0) is 0 Å². The van der Waals surface area contributed by atoms with Gasteiger partial charge >= 0.3 is 0 Å². The van der Waals surface area contributed by atoms with Crippen LogP contribution in [0.2, 0.25) is 0 Å². The van der Waals surface area contributed by atoms with E-state index < -0.39 is 0 Å². The maximum absolute atomic E-state index is 11.6. The van der Waals surface area contributed by atoms with Gasteiger partial charge in [0.25, 0.3) is 0 Å². The number of ketones is 1. The first-order valence-corrected chi connectivity index (χ1v) is 4.59. The molecule has 0 aromatic heterocycles. The van der Waals surface area contributed by atoms with Gasteiger partial charge in [0.05, 0.1) is 6.54 Å². The van der Waals surface area contributed by atoms with Crippen molar-refractivity contribution in [1.82, 2.24) is 4.90 Å². The van der Waals surface area contributed by atoms with Crippen LogP contribution in [0.1, 0.15) is 10.4 Å². The van der Waals surface area contributed by atoms with E-state index in [1.807, 2.05) is 50.3 Å². The van der Waals surface area contributed by atoms with Crippen LogP contribution in [0.15, 0.2) is 24.3 Å². The molecule has 76 valence electrons. The molecule has 1 aromatic rings. The zero-order valence-electron chi connectivity index (χ0n) is 8.87. The molecule has 0 unspecified atom stereocenters. The fourth-order valence-electron chi connectivity index (χ4n) is 1.20. The van der Waals surface area contributed by atoms with Gasteiger partial charge in [0.2, 0.25) is 0 Å². The summed E-state index contributed by atoms with van der Waals surface area (Å²) in [6.07, 6.45) is 0. The molecule has 0 aliphatic carbocycles. The smallest absolute Gasteiger partial charge is 0.176 e. The van der Waals surface area contributed by atoms with Crippen LogP contribution in [0.3, 0.4) is 0 Å². The van der Waals surface area contributed by atoms with Gasteiger partial charge in [-0.25, -0.2) is 0 Å². The molecule has 1 rings (SSSR count). The zero-order valence-corrected chi connectivity index (χ0v) is 8.87. The summed E-state index contributed by atoms with van der Waals surface area (Å²) in [5.74, 6) is 0.151. The molecular weight excluding hydrogens is 176 g/mol. The summed E-state index contributed by atoms with van der Waals surface area (Å²) in [6, 6.07) is 7.50. The summed E-state index contributed by atoms with van der Waals surface area (Å²) in [6.45, 7) is 0.457. The van der Waals surface area contributed by atoms with Gasteiger partial charge < -0.3 is 10.2 Å². The van der Waals surface area contributed by atoms with Crippen molar-refractivity contribution in [3.8, 4) is 0 Å². The number of carbonyl (C=O) groups is 1. The fraction of sp³-hybridized carbons (Fsp3) is 0.364. The summed E-state index contributed by atoms with van der Waals surface area (Å²) < 4.78 is 0. The lowest BCUT2D eigenvalue weighted by molar-refractivity contribution is 0.0958. The van der Waals surface area contributed by atoms with E-state index in [-0.39, 0.29) is 5.78 Å². The highest BCUT2D eigenvalue weighted by Crippen LogP contribution is 2.09. The third-order valence-electron chi connectivity index (χ3n) is 1.96. The van der Waals surface area contributed by atoms with Crippen molar-refractivity contribution < 1.29 is 4.79 Å². The van der Waals surface area contributed by atoms with Crippen molar-refractivity contribution in [2.45, 2.75) is 0 Å². The minimum atomic E-state index is 0.151. The third-order valence-corrected chi connectivity index (χ3v) is 1.96. The van der Waals surface area contributed by atoms with Gasteiger partial charge in [-0.15, -0.1) is 0 Å². The standard InChI is InChI=1S/C11H16N2O/c1-12-10-6-4-9(5-7-10)11(14)8-13(2)3/h4-7,12H,8H2,1-3H3. The summed E-state index contributed by atoms with van der Waals surface area (Å²) in [5, 5.41) is 3.01. The summed E-state index contributed by atoms with van der Waals surface area (Å²) >= 11 is 0. The van der Waals surface area contributed by atoms with Crippen molar-refractivity contribution in [1.29, 1.82) is 0 Å². The van der Waals surface area contributed by atoms with Gasteiger partial charge in [-0.05, 0) is 38.4 Å². The van der Waals surface area contributed by atoms with Crippen LogP contribution >= 0.6 is 0 Å². The summed E-state index contributed by atoms with van der Waals surface area (Å²) in [7, 11) is 5.64. The Kier molecular flexibility index (Phi) is 3.65. The number of hydrogen-bond acceptors (Lipinski definition) is 3. The first-order valence-electron chi connectivity index (χ1n) is 4.59. The number of carbonyl (C=O) groups excluding carboxylic acids is 1. The van der Waals surface area contributed by atoms with Gasteiger partial charge in [0.15, 0.2) is 5.78 Å². The molecule has 1 N–H and O–H groups in total. The van der Waals surface area contributed by atoms with Gasteiger partial charge in [-0.2, -0.15) is 0 Å². The molecule has 0 saturated carbocycles. The zero-order chi connectivity index (χ0) is 10.6. The molecule has 0 atom stereocenters. The Morgan fingerprint density at radius 1 is 1.29 bits per heavy atom. The van der Waals surface area contributed by atoms with E-state index in [2.05, 4.69) is 5.32 Å². The lowest BCUT2D eigenvalue weighted by Gasteiger charge is -2.08. The Morgan fingerprint density at radius 2 is 1.86 bits per heavy atom. The molecular formula is C11H16N2O. The number of nitrogens with zero attached hydrogens (tertiary/aromatic N) is 1. The van der Waals surface area contributed by atoms with Crippen molar-refractivity contribution >= 4 is 11.5 Å². The van der Waals surface area contributed by atoms with Crippen molar-refractivity contribution in [2.75, 3.05) is 33.0 Å². The highest BCUT2D eigenvalue weighted by Gasteiger charge is 2.05. The first kappa shape index (κ1) is 10.7. The van der Waals surface area contributed by atoms with Gasteiger partial charge in [-0.1, -0.05) is 0 Å². The summed E-state index contributed by atoms with van der Waals surface area (Å²) in [5.41, 5.74) is 1.78. The van der Waals surface area contributed by atoms with Crippen LogP contribution in [0, 0.1) is 0 Å². The summed E-state index contributed by atoms with van der Waals surface area (Å²) in [4.78, 5) is 13.5. The fourth-order valence-corrected chi connectivity index (χ4v) is 1.20. The second-order valence-corrected chi connectivity index (χ2v) is 3.49. The number of benzene rings is 1. The largest absolute Gasteiger partial charge is 0.388 e. The van der Waals surface area contributed by atoms with E-state index >= 15 is 0 Å². The number of nitrogens with one attached hydrogen (secondary N) is 1. The Morgan fingerprint density at radius 3 is 2.29 bits per heavy atom. The van der Waals surface area contributed by atoms with Crippen molar-refractivity contribution in [2.24, 2.45) is 0 Å². The van der Waals surface area contributed by atoms with E-state index in [0.717, 1.165) is 11.3 Å². The van der Waals surface area contributed by atoms with E-state index in [4.69, 9.17) is 0 Å². The molecule has 14 heavy (non-hydrogen) atoms. The van der Waals surface area contributed by atoms with Gasteiger partial charge in [0.1, 0.15) is 0 Å². The first-order chi connectivity index (χ1) is 6.63. The van der Waals surface area contributed by atoms with Crippen molar-refractivity contribution in [3.05, 3.63) is 29.8 Å². The molecule has 3 nitrogen and oxygen atoms in total. The van der Waals surface area contributed by atoms with Crippen LogP contribution in [0.4, 0.5) is 5.69 Å². The topological polar surface area (TPSA) is 32.3 Å². The molecule has 0 aliphatic heterocycles. The molecule has 0 aliphatic rings.